The SMILES string of the molecule is CCCOc1ccccc1CCCNC(=O)[C@H](C)Oc1ccccc1C. The highest BCUT2D eigenvalue weighted by molar-refractivity contribution is 5.80. The molecule has 26 heavy (non-hydrogen) atoms. The maximum Gasteiger partial charge on any atom is 0.260 e. The van der Waals surface area contributed by atoms with Crippen molar-refractivity contribution in [1.82, 2.24) is 5.32 Å². The van der Waals surface area contributed by atoms with Gasteiger partial charge in [0.2, 0.25) is 0 Å². The minimum atomic E-state index is -0.517. The average molecular weight is 355 g/mol. The molecule has 1 amide bonds. The fourth-order valence-corrected chi connectivity index (χ4v) is 2.63. The molecule has 0 fully saturated rings. The van der Waals surface area contributed by atoms with E-state index in [2.05, 4.69) is 18.3 Å². The number of carbonyl (C=O) groups is 1. The summed E-state index contributed by atoms with van der Waals surface area (Å²) in [5.41, 5.74) is 2.20. The topological polar surface area (TPSA) is 47.6 Å². The van der Waals surface area contributed by atoms with Crippen LogP contribution in [0.15, 0.2) is 48.5 Å². The molecule has 2 rings (SSSR count). The van der Waals surface area contributed by atoms with E-state index in [1.54, 1.807) is 6.92 Å². The van der Waals surface area contributed by atoms with Gasteiger partial charge in [0, 0.05) is 6.54 Å². The molecule has 0 aromatic heterocycles. The van der Waals surface area contributed by atoms with E-state index in [-0.39, 0.29) is 5.91 Å². The van der Waals surface area contributed by atoms with Gasteiger partial charge >= 0.3 is 0 Å². The van der Waals surface area contributed by atoms with E-state index in [0.717, 1.165) is 42.9 Å². The standard InChI is InChI=1S/C22H29NO3/c1-4-16-25-21-14-8-6-11-19(21)12-9-15-23-22(24)18(3)26-20-13-7-5-10-17(20)2/h5-8,10-11,13-14,18H,4,9,12,15-16H2,1-3H3,(H,23,24)/t18-/m0/s1. The predicted octanol–water partition coefficient (Wildman–Crippen LogP) is 4.30. The first-order chi connectivity index (χ1) is 12.6. The van der Waals surface area contributed by atoms with Gasteiger partial charge in [-0.2, -0.15) is 0 Å². The quantitative estimate of drug-likeness (QED) is 0.647. The lowest BCUT2D eigenvalue weighted by atomic mass is 10.1. The summed E-state index contributed by atoms with van der Waals surface area (Å²) >= 11 is 0. The second kappa shape index (κ2) is 10.5. The van der Waals surface area contributed by atoms with Crippen molar-refractivity contribution in [3.8, 4) is 11.5 Å². The molecule has 0 bridgehead atoms. The lowest BCUT2D eigenvalue weighted by Gasteiger charge is -2.16. The van der Waals surface area contributed by atoms with E-state index >= 15 is 0 Å². The van der Waals surface area contributed by atoms with Crippen molar-refractivity contribution in [2.45, 2.75) is 46.1 Å². The van der Waals surface area contributed by atoms with Gasteiger partial charge in [0.1, 0.15) is 11.5 Å². The van der Waals surface area contributed by atoms with Crippen LogP contribution in [0.5, 0.6) is 11.5 Å². The number of nitrogens with one attached hydrogen (secondary N) is 1. The molecular formula is C22H29NO3. The lowest BCUT2D eigenvalue weighted by molar-refractivity contribution is -0.127. The van der Waals surface area contributed by atoms with Crippen molar-refractivity contribution in [3.05, 3.63) is 59.7 Å². The molecule has 0 radical (unpaired) electrons. The molecular weight excluding hydrogens is 326 g/mol. The van der Waals surface area contributed by atoms with Crippen molar-refractivity contribution in [2.24, 2.45) is 0 Å². The predicted molar refractivity (Wildman–Crippen MR) is 105 cm³/mol. The molecule has 1 atom stereocenters. The minimum Gasteiger partial charge on any atom is -0.493 e. The van der Waals surface area contributed by atoms with Gasteiger partial charge in [0.15, 0.2) is 6.10 Å². The molecule has 1 N–H and O–H groups in total. The molecule has 2 aromatic rings. The zero-order valence-corrected chi connectivity index (χ0v) is 16.0. The number of hydrogen-bond acceptors (Lipinski definition) is 3. The van der Waals surface area contributed by atoms with Crippen molar-refractivity contribution >= 4 is 5.91 Å². The average Bonchev–Trinajstić information content (AvgIpc) is 2.65. The van der Waals surface area contributed by atoms with Gasteiger partial charge in [-0.15, -0.1) is 0 Å². The Kier molecular flexibility index (Phi) is 8.00. The van der Waals surface area contributed by atoms with E-state index in [1.807, 2.05) is 49.4 Å². The summed E-state index contributed by atoms with van der Waals surface area (Å²) in [7, 11) is 0. The Bertz CT molecular complexity index is 699. The molecule has 0 aliphatic rings. The number of amides is 1. The van der Waals surface area contributed by atoms with E-state index in [9.17, 15) is 4.79 Å². The van der Waals surface area contributed by atoms with Crippen LogP contribution >= 0.6 is 0 Å². The second-order valence-electron chi connectivity index (χ2n) is 6.38. The Balaban J connectivity index is 1.75. The van der Waals surface area contributed by atoms with E-state index < -0.39 is 6.10 Å². The summed E-state index contributed by atoms with van der Waals surface area (Å²) in [6.07, 6.45) is 2.20. The third-order valence-electron chi connectivity index (χ3n) is 4.12. The summed E-state index contributed by atoms with van der Waals surface area (Å²) < 4.78 is 11.5. The smallest absolute Gasteiger partial charge is 0.260 e. The molecule has 0 aliphatic carbocycles. The largest absolute Gasteiger partial charge is 0.493 e. The molecule has 0 heterocycles. The number of aryl methyl sites for hydroxylation is 2. The molecule has 0 saturated carbocycles. The van der Waals surface area contributed by atoms with Gasteiger partial charge in [0.05, 0.1) is 6.61 Å². The summed E-state index contributed by atoms with van der Waals surface area (Å²) in [5.74, 6) is 1.60. The Labute approximate surface area is 156 Å². The first kappa shape index (κ1) is 19.8. The van der Waals surface area contributed by atoms with E-state index in [4.69, 9.17) is 9.47 Å². The van der Waals surface area contributed by atoms with Crippen molar-refractivity contribution in [1.29, 1.82) is 0 Å². The molecule has 0 saturated heterocycles. The molecule has 0 unspecified atom stereocenters. The highest BCUT2D eigenvalue weighted by Crippen LogP contribution is 2.20. The molecule has 4 nitrogen and oxygen atoms in total. The monoisotopic (exact) mass is 355 g/mol. The molecule has 0 spiro atoms. The van der Waals surface area contributed by atoms with Gasteiger partial charge in [-0.1, -0.05) is 43.3 Å². The van der Waals surface area contributed by atoms with Gasteiger partial charge < -0.3 is 14.8 Å². The summed E-state index contributed by atoms with van der Waals surface area (Å²) in [5, 5.41) is 2.95. The maximum absolute atomic E-state index is 12.2. The zero-order chi connectivity index (χ0) is 18.8. The Morgan fingerprint density at radius 2 is 1.77 bits per heavy atom. The van der Waals surface area contributed by atoms with Crippen molar-refractivity contribution < 1.29 is 14.3 Å². The van der Waals surface area contributed by atoms with Crippen LogP contribution in [0.4, 0.5) is 0 Å². The summed E-state index contributed by atoms with van der Waals surface area (Å²) in [6.45, 7) is 7.18. The normalized spacial score (nSPS) is 11.7. The van der Waals surface area contributed by atoms with Gasteiger partial charge in [-0.05, 0) is 56.4 Å². The highest BCUT2D eigenvalue weighted by Gasteiger charge is 2.14. The number of para-hydroxylation sites is 2. The Morgan fingerprint density at radius 1 is 1.08 bits per heavy atom. The van der Waals surface area contributed by atoms with E-state index in [0.29, 0.717) is 6.54 Å². The number of benzene rings is 2. The van der Waals surface area contributed by atoms with Gasteiger partial charge in [-0.3, -0.25) is 4.79 Å². The van der Waals surface area contributed by atoms with Crippen LogP contribution in [0.2, 0.25) is 0 Å². The number of carbonyl (C=O) groups excluding carboxylic acids is 1. The first-order valence-corrected chi connectivity index (χ1v) is 9.32. The number of rotatable bonds is 10. The molecule has 2 aromatic carbocycles. The van der Waals surface area contributed by atoms with Crippen molar-refractivity contribution in [3.63, 3.8) is 0 Å². The van der Waals surface area contributed by atoms with Crippen LogP contribution in [0.1, 0.15) is 37.8 Å². The maximum atomic E-state index is 12.2. The fourth-order valence-electron chi connectivity index (χ4n) is 2.63. The lowest BCUT2D eigenvalue weighted by Crippen LogP contribution is -2.37. The van der Waals surface area contributed by atoms with Crippen molar-refractivity contribution in [2.75, 3.05) is 13.2 Å². The highest BCUT2D eigenvalue weighted by atomic mass is 16.5. The second-order valence-corrected chi connectivity index (χ2v) is 6.38. The van der Waals surface area contributed by atoms with Crippen LogP contribution < -0.4 is 14.8 Å². The number of hydrogen-bond donors (Lipinski definition) is 1. The third-order valence-corrected chi connectivity index (χ3v) is 4.12. The summed E-state index contributed by atoms with van der Waals surface area (Å²) in [6, 6.07) is 15.8. The van der Waals surface area contributed by atoms with Gasteiger partial charge in [0.25, 0.3) is 5.91 Å². The molecule has 140 valence electrons. The van der Waals surface area contributed by atoms with Crippen LogP contribution in [0, 0.1) is 6.92 Å². The van der Waals surface area contributed by atoms with E-state index in [1.165, 1.54) is 5.56 Å². The Morgan fingerprint density at radius 3 is 2.50 bits per heavy atom. The van der Waals surface area contributed by atoms with Crippen LogP contribution in [0.25, 0.3) is 0 Å². The third kappa shape index (κ3) is 6.10. The van der Waals surface area contributed by atoms with Gasteiger partial charge in [-0.25, -0.2) is 0 Å². The molecule has 4 heteroatoms. The van der Waals surface area contributed by atoms with Crippen LogP contribution in [-0.4, -0.2) is 25.2 Å². The number of ether oxygens (including phenoxy) is 2. The zero-order valence-electron chi connectivity index (χ0n) is 16.0. The first-order valence-electron chi connectivity index (χ1n) is 9.32. The van der Waals surface area contributed by atoms with Crippen LogP contribution in [-0.2, 0) is 11.2 Å². The van der Waals surface area contributed by atoms with Crippen LogP contribution in [0.3, 0.4) is 0 Å². The summed E-state index contributed by atoms with van der Waals surface area (Å²) in [4.78, 5) is 12.2. The molecule has 0 aliphatic heterocycles. The Hall–Kier alpha value is -2.49. The minimum absolute atomic E-state index is 0.0937. The fraction of sp³-hybridized carbons (Fsp3) is 0.409.